The van der Waals surface area contributed by atoms with E-state index in [1.807, 2.05) is 0 Å². The third-order valence-electron chi connectivity index (χ3n) is 3.17. The standard InChI is InChI=1S/C9H11N.C5H9NO4/c10-9-6-5-7-3-1-2-4-8(7)9;6-3(5(9)10)1-2-4(7)8/h1-4,9H,5-6,10H2;3H,1-2,6H2,(H,7,8)(H,9,10). The van der Waals surface area contributed by atoms with E-state index in [2.05, 4.69) is 24.3 Å². The van der Waals surface area contributed by atoms with Crippen molar-refractivity contribution in [3.05, 3.63) is 35.4 Å². The molecule has 0 fully saturated rings. The zero-order chi connectivity index (χ0) is 15.1. The molecule has 2 rings (SSSR count). The molecule has 0 aromatic heterocycles. The van der Waals surface area contributed by atoms with Crippen LogP contribution in [0.25, 0.3) is 0 Å². The molecule has 0 spiro atoms. The number of carboxylic acid groups (broad SMARTS) is 2. The molecule has 2 atom stereocenters. The highest BCUT2D eigenvalue weighted by atomic mass is 16.4. The molecule has 1 aliphatic carbocycles. The van der Waals surface area contributed by atoms with Crippen molar-refractivity contribution in [1.29, 1.82) is 0 Å². The molecular formula is C14H20N2O4. The first-order valence-corrected chi connectivity index (χ1v) is 6.45. The van der Waals surface area contributed by atoms with Crippen LogP contribution in [0.1, 0.15) is 36.4 Å². The van der Waals surface area contributed by atoms with Crippen LogP contribution in [0.5, 0.6) is 0 Å². The van der Waals surface area contributed by atoms with Crippen molar-refractivity contribution >= 4 is 11.9 Å². The lowest BCUT2D eigenvalue weighted by molar-refractivity contribution is -0.139. The van der Waals surface area contributed by atoms with E-state index in [0.29, 0.717) is 6.04 Å². The molecule has 2 unspecified atom stereocenters. The lowest BCUT2D eigenvalue weighted by Crippen LogP contribution is -2.30. The summed E-state index contributed by atoms with van der Waals surface area (Å²) in [5, 5.41) is 16.3. The first kappa shape index (κ1) is 16.1. The van der Waals surface area contributed by atoms with Gasteiger partial charge in [-0.1, -0.05) is 24.3 Å². The fourth-order valence-corrected chi connectivity index (χ4v) is 1.99. The average molecular weight is 280 g/mol. The molecule has 0 saturated carbocycles. The Morgan fingerprint density at radius 2 is 1.95 bits per heavy atom. The van der Waals surface area contributed by atoms with Crippen LogP contribution in [0.2, 0.25) is 0 Å². The maximum absolute atomic E-state index is 9.99. The van der Waals surface area contributed by atoms with Gasteiger partial charge in [0, 0.05) is 12.5 Å². The fraction of sp³-hybridized carbons (Fsp3) is 0.429. The molecule has 1 aromatic carbocycles. The maximum atomic E-state index is 9.99. The number of benzene rings is 1. The van der Waals surface area contributed by atoms with Gasteiger partial charge in [-0.05, 0) is 30.4 Å². The molecule has 0 bridgehead atoms. The molecule has 6 heteroatoms. The summed E-state index contributed by atoms with van der Waals surface area (Å²) in [5.74, 6) is -2.20. The van der Waals surface area contributed by atoms with E-state index >= 15 is 0 Å². The molecule has 110 valence electrons. The maximum Gasteiger partial charge on any atom is 0.320 e. The molecule has 6 nitrogen and oxygen atoms in total. The highest BCUT2D eigenvalue weighted by molar-refractivity contribution is 5.74. The zero-order valence-electron chi connectivity index (χ0n) is 11.2. The Bertz CT molecular complexity index is 476. The number of nitrogens with two attached hydrogens (primary N) is 2. The first-order chi connectivity index (χ1) is 9.41. The molecule has 0 amide bonds. The van der Waals surface area contributed by atoms with E-state index in [4.69, 9.17) is 21.7 Å². The number of fused-ring (bicyclic) bond motifs is 1. The molecule has 0 saturated heterocycles. The predicted octanol–water partition coefficient (Wildman–Crippen LogP) is 0.896. The van der Waals surface area contributed by atoms with E-state index < -0.39 is 18.0 Å². The lowest BCUT2D eigenvalue weighted by atomic mass is 10.1. The number of carboxylic acids is 2. The number of rotatable bonds is 4. The number of hydrogen-bond donors (Lipinski definition) is 4. The first-order valence-electron chi connectivity index (χ1n) is 6.45. The molecule has 6 N–H and O–H groups in total. The Labute approximate surface area is 117 Å². The van der Waals surface area contributed by atoms with Crippen LogP contribution in [-0.2, 0) is 16.0 Å². The second-order valence-corrected chi connectivity index (χ2v) is 4.72. The summed E-state index contributed by atoms with van der Waals surface area (Å²) in [6, 6.07) is 7.68. The summed E-state index contributed by atoms with van der Waals surface area (Å²) in [5.41, 5.74) is 13.6. The molecule has 0 aliphatic heterocycles. The normalized spacial score (nSPS) is 17.6. The molecule has 1 aliphatic rings. The minimum atomic E-state index is -1.17. The van der Waals surface area contributed by atoms with Gasteiger partial charge in [-0.3, -0.25) is 9.59 Å². The van der Waals surface area contributed by atoms with Gasteiger partial charge in [0.2, 0.25) is 0 Å². The predicted molar refractivity (Wildman–Crippen MR) is 74.2 cm³/mol. The smallest absolute Gasteiger partial charge is 0.320 e. The Morgan fingerprint density at radius 3 is 2.50 bits per heavy atom. The highest BCUT2D eigenvalue weighted by Gasteiger charge is 2.16. The van der Waals surface area contributed by atoms with Crippen molar-refractivity contribution in [2.75, 3.05) is 0 Å². The van der Waals surface area contributed by atoms with Crippen LogP contribution in [0.15, 0.2) is 24.3 Å². The van der Waals surface area contributed by atoms with E-state index in [1.165, 1.54) is 11.1 Å². The molecule has 0 heterocycles. The summed E-state index contributed by atoms with van der Waals surface area (Å²) >= 11 is 0. The minimum Gasteiger partial charge on any atom is -0.481 e. The SMILES string of the molecule is NC(CCC(=O)O)C(=O)O.NC1CCc2ccccc21. The summed E-state index contributed by atoms with van der Waals surface area (Å²) < 4.78 is 0. The summed E-state index contributed by atoms with van der Waals surface area (Å²) in [7, 11) is 0. The van der Waals surface area contributed by atoms with Crippen LogP contribution < -0.4 is 11.5 Å². The van der Waals surface area contributed by atoms with E-state index in [0.717, 1.165) is 12.8 Å². The number of hydrogen-bond acceptors (Lipinski definition) is 4. The van der Waals surface area contributed by atoms with Crippen molar-refractivity contribution in [1.82, 2.24) is 0 Å². The Balaban J connectivity index is 0.000000200. The summed E-state index contributed by atoms with van der Waals surface area (Å²) in [4.78, 5) is 19.9. The number of aliphatic carboxylic acids is 2. The summed E-state index contributed by atoms with van der Waals surface area (Å²) in [6.07, 6.45) is 2.06. The van der Waals surface area contributed by atoms with Crippen LogP contribution >= 0.6 is 0 Å². The Morgan fingerprint density at radius 1 is 1.30 bits per heavy atom. The second kappa shape index (κ2) is 7.62. The Hall–Kier alpha value is -1.92. The van der Waals surface area contributed by atoms with Gasteiger partial charge in [0.15, 0.2) is 0 Å². The van der Waals surface area contributed by atoms with E-state index in [-0.39, 0.29) is 12.8 Å². The lowest BCUT2D eigenvalue weighted by Gasteiger charge is -2.01. The average Bonchev–Trinajstić information content (AvgIpc) is 2.79. The van der Waals surface area contributed by atoms with E-state index in [1.54, 1.807) is 0 Å². The molecular weight excluding hydrogens is 260 g/mol. The van der Waals surface area contributed by atoms with Crippen LogP contribution in [0.3, 0.4) is 0 Å². The second-order valence-electron chi connectivity index (χ2n) is 4.72. The van der Waals surface area contributed by atoms with Crippen LogP contribution in [0.4, 0.5) is 0 Å². The zero-order valence-corrected chi connectivity index (χ0v) is 11.2. The van der Waals surface area contributed by atoms with Gasteiger partial charge in [0.05, 0.1) is 0 Å². The van der Waals surface area contributed by atoms with Gasteiger partial charge >= 0.3 is 11.9 Å². The quantitative estimate of drug-likeness (QED) is 0.649. The Kier molecular flexibility index (Phi) is 6.14. The van der Waals surface area contributed by atoms with Crippen molar-refractivity contribution in [2.24, 2.45) is 11.5 Å². The number of aryl methyl sites for hydroxylation is 1. The molecule has 20 heavy (non-hydrogen) atoms. The topological polar surface area (TPSA) is 127 Å². The largest absolute Gasteiger partial charge is 0.481 e. The van der Waals surface area contributed by atoms with Crippen molar-refractivity contribution in [2.45, 2.75) is 37.8 Å². The third kappa shape index (κ3) is 4.99. The van der Waals surface area contributed by atoms with Crippen LogP contribution in [-0.4, -0.2) is 28.2 Å². The summed E-state index contributed by atoms with van der Waals surface area (Å²) in [6.45, 7) is 0. The minimum absolute atomic E-state index is 0.0231. The van der Waals surface area contributed by atoms with Crippen molar-refractivity contribution < 1.29 is 19.8 Å². The van der Waals surface area contributed by atoms with Crippen molar-refractivity contribution in [3.8, 4) is 0 Å². The third-order valence-corrected chi connectivity index (χ3v) is 3.17. The van der Waals surface area contributed by atoms with Gasteiger partial charge in [0.25, 0.3) is 0 Å². The van der Waals surface area contributed by atoms with Crippen LogP contribution in [0, 0.1) is 0 Å². The van der Waals surface area contributed by atoms with Gasteiger partial charge in [-0.25, -0.2) is 0 Å². The van der Waals surface area contributed by atoms with Gasteiger partial charge in [-0.2, -0.15) is 0 Å². The van der Waals surface area contributed by atoms with Gasteiger partial charge in [-0.15, -0.1) is 0 Å². The van der Waals surface area contributed by atoms with E-state index in [9.17, 15) is 9.59 Å². The fourth-order valence-electron chi connectivity index (χ4n) is 1.99. The monoisotopic (exact) mass is 280 g/mol. The van der Waals surface area contributed by atoms with Gasteiger partial charge in [0.1, 0.15) is 6.04 Å². The van der Waals surface area contributed by atoms with Gasteiger partial charge < -0.3 is 21.7 Å². The van der Waals surface area contributed by atoms with Crippen molar-refractivity contribution in [3.63, 3.8) is 0 Å². The molecule has 0 radical (unpaired) electrons. The molecule has 1 aromatic rings. The number of carbonyl (C=O) groups is 2. The highest BCUT2D eigenvalue weighted by Crippen LogP contribution is 2.28.